The van der Waals surface area contributed by atoms with Crippen LogP contribution in [-0.2, 0) is 11.3 Å². The summed E-state index contributed by atoms with van der Waals surface area (Å²) >= 11 is 0. The second-order valence-electron chi connectivity index (χ2n) is 9.05. The van der Waals surface area contributed by atoms with E-state index >= 15 is 0 Å². The van der Waals surface area contributed by atoms with Crippen LogP contribution in [0.2, 0.25) is 0 Å². The molecule has 29 heavy (non-hydrogen) atoms. The number of rotatable bonds is 7. The molecule has 0 bridgehead atoms. The molecule has 0 saturated heterocycles. The lowest BCUT2D eigenvalue weighted by Crippen LogP contribution is -2.40. The van der Waals surface area contributed by atoms with E-state index in [1.807, 2.05) is 62.9 Å². The standard InChI is InChI=1S/C23H31N3O3/c1-23(2,3)22(28)26(14-16-8-9-16)15-17-13-18(10-11-19(17)25(4)5)24-21(27)20-7-6-12-29-20/h6-7,10-13,16H,8-9,14-15H2,1-5H3,(H,24,27). The number of nitrogens with one attached hydrogen (secondary N) is 1. The van der Waals surface area contributed by atoms with Crippen LogP contribution >= 0.6 is 0 Å². The summed E-state index contributed by atoms with van der Waals surface area (Å²) in [6.45, 7) is 7.18. The molecule has 1 N–H and O–H groups in total. The van der Waals surface area contributed by atoms with Gasteiger partial charge in [-0.2, -0.15) is 0 Å². The molecule has 1 aromatic carbocycles. The summed E-state index contributed by atoms with van der Waals surface area (Å²) in [5, 5.41) is 2.88. The SMILES string of the molecule is CN(C)c1ccc(NC(=O)c2ccco2)cc1CN(CC1CC1)C(=O)C(C)(C)C. The molecule has 6 heteroatoms. The number of furan rings is 1. The number of carbonyl (C=O) groups is 2. The highest BCUT2D eigenvalue weighted by Crippen LogP contribution is 2.33. The van der Waals surface area contributed by atoms with Gasteiger partial charge in [0, 0.05) is 44.0 Å². The quantitative estimate of drug-likeness (QED) is 0.753. The van der Waals surface area contributed by atoms with Crippen LogP contribution in [0.5, 0.6) is 0 Å². The van der Waals surface area contributed by atoms with E-state index < -0.39 is 5.41 Å². The van der Waals surface area contributed by atoms with Crippen LogP contribution in [0.4, 0.5) is 11.4 Å². The van der Waals surface area contributed by atoms with Gasteiger partial charge in [0.2, 0.25) is 5.91 Å². The monoisotopic (exact) mass is 397 g/mol. The van der Waals surface area contributed by atoms with E-state index in [0.29, 0.717) is 18.2 Å². The lowest BCUT2D eigenvalue weighted by atomic mass is 9.94. The first-order valence-electron chi connectivity index (χ1n) is 10.1. The first-order valence-corrected chi connectivity index (χ1v) is 10.1. The van der Waals surface area contributed by atoms with Gasteiger partial charge in [-0.15, -0.1) is 0 Å². The smallest absolute Gasteiger partial charge is 0.291 e. The van der Waals surface area contributed by atoms with Crippen molar-refractivity contribution in [2.24, 2.45) is 11.3 Å². The molecule has 1 aliphatic carbocycles. The average Bonchev–Trinajstić information content (AvgIpc) is 3.28. The summed E-state index contributed by atoms with van der Waals surface area (Å²) in [6.07, 6.45) is 3.85. The lowest BCUT2D eigenvalue weighted by Gasteiger charge is -2.31. The number of hydrogen-bond acceptors (Lipinski definition) is 4. The van der Waals surface area contributed by atoms with Crippen LogP contribution in [0.15, 0.2) is 41.0 Å². The van der Waals surface area contributed by atoms with Crippen molar-refractivity contribution in [3.05, 3.63) is 47.9 Å². The van der Waals surface area contributed by atoms with E-state index in [1.165, 1.54) is 19.1 Å². The zero-order valence-electron chi connectivity index (χ0n) is 18.0. The number of amides is 2. The Kier molecular flexibility index (Phi) is 6.01. The Morgan fingerprint density at radius 3 is 2.45 bits per heavy atom. The highest BCUT2D eigenvalue weighted by atomic mass is 16.3. The van der Waals surface area contributed by atoms with E-state index in [4.69, 9.17) is 4.42 Å². The third-order valence-electron chi connectivity index (χ3n) is 5.03. The number of benzene rings is 1. The highest BCUT2D eigenvalue weighted by molar-refractivity contribution is 6.02. The molecule has 3 rings (SSSR count). The van der Waals surface area contributed by atoms with Gasteiger partial charge in [0.15, 0.2) is 5.76 Å². The first-order chi connectivity index (χ1) is 13.6. The second-order valence-corrected chi connectivity index (χ2v) is 9.05. The predicted octanol–water partition coefficient (Wildman–Crippen LogP) is 4.38. The van der Waals surface area contributed by atoms with E-state index in [9.17, 15) is 9.59 Å². The number of nitrogens with zero attached hydrogens (tertiary/aromatic N) is 2. The number of hydrogen-bond donors (Lipinski definition) is 1. The maximum Gasteiger partial charge on any atom is 0.291 e. The summed E-state index contributed by atoms with van der Waals surface area (Å²) in [4.78, 5) is 29.4. The molecule has 1 aliphatic rings. The van der Waals surface area contributed by atoms with Gasteiger partial charge in [0.1, 0.15) is 0 Å². The molecule has 6 nitrogen and oxygen atoms in total. The molecule has 1 fully saturated rings. The molecule has 1 heterocycles. The van der Waals surface area contributed by atoms with Gasteiger partial charge in [-0.25, -0.2) is 0 Å². The fraction of sp³-hybridized carbons (Fsp3) is 0.478. The van der Waals surface area contributed by atoms with Gasteiger partial charge in [-0.3, -0.25) is 9.59 Å². The normalized spacial score (nSPS) is 13.8. The first kappa shape index (κ1) is 21.0. The third kappa shape index (κ3) is 5.40. The zero-order chi connectivity index (χ0) is 21.2. The molecule has 2 amide bonds. The predicted molar refractivity (Wildman–Crippen MR) is 115 cm³/mol. The van der Waals surface area contributed by atoms with Crippen molar-refractivity contribution in [1.82, 2.24) is 4.90 Å². The van der Waals surface area contributed by atoms with Crippen molar-refractivity contribution >= 4 is 23.2 Å². The molecule has 0 spiro atoms. The maximum absolute atomic E-state index is 13.1. The topological polar surface area (TPSA) is 65.8 Å². The summed E-state index contributed by atoms with van der Waals surface area (Å²) < 4.78 is 5.17. The summed E-state index contributed by atoms with van der Waals surface area (Å²) in [7, 11) is 3.97. The van der Waals surface area contributed by atoms with Crippen LogP contribution in [0.25, 0.3) is 0 Å². The molecule has 0 radical (unpaired) electrons. The van der Waals surface area contributed by atoms with Gasteiger partial charge in [-0.1, -0.05) is 20.8 Å². The van der Waals surface area contributed by atoms with E-state index in [-0.39, 0.29) is 17.6 Å². The molecule has 156 valence electrons. The zero-order valence-corrected chi connectivity index (χ0v) is 18.0. The van der Waals surface area contributed by atoms with Crippen molar-refractivity contribution < 1.29 is 14.0 Å². The Hall–Kier alpha value is -2.76. The number of anilines is 2. The van der Waals surface area contributed by atoms with Gasteiger partial charge in [0.25, 0.3) is 5.91 Å². The number of carbonyl (C=O) groups excluding carboxylic acids is 2. The molecule has 1 aromatic heterocycles. The van der Waals surface area contributed by atoms with Gasteiger partial charge in [0.05, 0.1) is 6.26 Å². The molecule has 0 atom stereocenters. The Morgan fingerprint density at radius 2 is 1.90 bits per heavy atom. The fourth-order valence-corrected chi connectivity index (χ4v) is 3.34. The summed E-state index contributed by atoms with van der Waals surface area (Å²) in [5.41, 5.74) is 2.29. The Balaban J connectivity index is 1.86. The van der Waals surface area contributed by atoms with Crippen molar-refractivity contribution in [2.45, 2.75) is 40.2 Å². The van der Waals surface area contributed by atoms with Crippen LogP contribution < -0.4 is 10.2 Å². The Bertz CT molecular complexity index is 862. The van der Waals surface area contributed by atoms with Crippen molar-refractivity contribution in [3.63, 3.8) is 0 Å². The minimum atomic E-state index is -0.432. The van der Waals surface area contributed by atoms with Gasteiger partial charge < -0.3 is 19.5 Å². The van der Waals surface area contributed by atoms with Crippen LogP contribution in [0, 0.1) is 11.3 Å². The average molecular weight is 398 g/mol. The van der Waals surface area contributed by atoms with Gasteiger partial charge >= 0.3 is 0 Å². The maximum atomic E-state index is 13.1. The second kappa shape index (κ2) is 8.31. The molecule has 0 unspecified atom stereocenters. The van der Waals surface area contributed by atoms with Crippen molar-refractivity contribution in [3.8, 4) is 0 Å². The molecular weight excluding hydrogens is 366 g/mol. The largest absolute Gasteiger partial charge is 0.459 e. The fourth-order valence-electron chi connectivity index (χ4n) is 3.34. The van der Waals surface area contributed by atoms with Crippen molar-refractivity contribution in [2.75, 3.05) is 30.9 Å². The van der Waals surface area contributed by atoms with E-state index in [1.54, 1.807) is 12.1 Å². The van der Waals surface area contributed by atoms with Gasteiger partial charge in [-0.05, 0) is 54.7 Å². The summed E-state index contributed by atoms with van der Waals surface area (Å²) in [5.74, 6) is 0.728. The third-order valence-corrected chi connectivity index (χ3v) is 5.03. The van der Waals surface area contributed by atoms with E-state index in [2.05, 4.69) is 5.32 Å². The Labute approximate surface area is 172 Å². The molecule has 1 saturated carbocycles. The molecule has 2 aromatic rings. The molecular formula is C23H31N3O3. The van der Waals surface area contributed by atoms with E-state index in [0.717, 1.165) is 17.8 Å². The highest BCUT2D eigenvalue weighted by Gasteiger charge is 2.32. The lowest BCUT2D eigenvalue weighted by molar-refractivity contribution is -0.140. The van der Waals surface area contributed by atoms with Crippen molar-refractivity contribution in [1.29, 1.82) is 0 Å². The minimum absolute atomic E-state index is 0.152. The van der Waals surface area contributed by atoms with Crippen LogP contribution in [0.1, 0.15) is 49.7 Å². The minimum Gasteiger partial charge on any atom is -0.459 e. The molecule has 0 aliphatic heterocycles. The summed E-state index contributed by atoms with van der Waals surface area (Å²) in [6, 6.07) is 9.11. The Morgan fingerprint density at radius 1 is 1.17 bits per heavy atom. The van der Waals surface area contributed by atoms with Crippen LogP contribution in [0.3, 0.4) is 0 Å². The van der Waals surface area contributed by atoms with Crippen LogP contribution in [-0.4, -0.2) is 37.4 Å².